The van der Waals surface area contributed by atoms with Crippen LogP contribution in [0.3, 0.4) is 0 Å². The first-order valence-electron chi connectivity index (χ1n) is 6.90. The molecule has 7 heteroatoms. The molecule has 0 atom stereocenters. The highest BCUT2D eigenvalue weighted by Gasteiger charge is 2.14. The molecular weight excluding hydrogens is 350 g/mol. The number of fused-ring (bicyclic) bond motifs is 1. The van der Waals surface area contributed by atoms with Gasteiger partial charge in [0.2, 0.25) is 4.96 Å². The Morgan fingerprint density at radius 1 is 1.14 bits per heavy atom. The van der Waals surface area contributed by atoms with Crippen LogP contribution in [0.2, 0.25) is 0 Å². The number of nitrogens with zero attached hydrogens (tertiary/aromatic N) is 5. The van der Waals surface area contributed by atoms with Crippen molar-refractivity contribution in [2.75, 3.05) is 13.1 Å². The molecular formula is C14H16BrN5S. The molecule has 0 N–H and O–H groups in total. The van der Waals surface area contributed by atoms with Crippen LogP contribution >= 0.6 is 27.3 Å². The van der Waals surface area contributed by atoms with Gasteiger partial charge in [-0.2, -0.15) is 9.61 Å². The third-order valence-corrected chi connectivity index (χ3v) is 4.88. The van der Waals surface area contributed by atoms with Crippen molar-refractivity contribution < 1.29 is 0 Å². The topological polar surface area (TPSA) is 46.3 Å². The number of hydrogen-bond donors (Lipinski definition) is 0. The standard InChI is InChI=1S/C14H16BrN5S/c1-3-19(4-2)9-12-16-17-14-20(12)18-13(21-14)10-5-7-11(15)8-6-10/h5-8H,3-4,9H2,1-2H3. The molecule has 0 saturated heterocycles. The lowest BCUT2D eigenvalue weighted by molar-refractivity contribution is 0.286. The third-order valence-electron chi connectivity index (χ3n) is 3.41. The first-order chi connectivity index (χ1) is 10.2. The van der Waals surface area contributed by atoms with Gasteiger partial charge in [0.15, 0.2) is 5.82 Å². The van der Waals surface area contributed by atoms with Crippen LogP contribution in [0, 0.1) is 0 Å². The Labute approximate surface area is 135 Å². The zero-order chi connectivity index (χ0) is 14.8. The average molecular weight is 366 g/mol. The molecule has 110 valence electrons. The van der Waals surface area contributed by atoms with Crippen LogP contribution in [0.1, 0.15) is 19.7 Å². The Balaban J connectivity index is 1.93. The molecule has 5 nitrogen and oxygen atoms in total. The van der Waals surface area contributed by atoms with Crippen molar-refractivity contribution in [2.45, 2.75) is 20.4 Å². The monoisotopic (exact) mass is 365 g/mol. The van der Waals surface area contributed by atoms with E-state index in [0.717, 1.165) is 45.5 Å². The van der Waals surface area contributed by atoms with E-state index in [1.807, 2.05) is 16.6 Å². The van der Waals surface area contributed by atoms with E-state index in [4.69, 9.17) is 0 Å². The molecule has 0 unspecified atom stereocenters. The molecule has 0 fully saturated rings. The largest absolute Gasteiger partial charge is 0.296 e. The molecule has 0 radical (unpaired) electrons. The third kappa shape index (κ3) is 3.00. The quantitative estimate of drug-likeness (QED) is 0.694. The minimum absolute atomic E-state index is 0.775. The number of benzene rings is 1. The summed E-state index contributed by atoms with van der Waals surface area (Å²) >= 11 is 5.01. The Bertz CT molecular complexity index is 729. The molecule has 0 saturated carbocycles. The second-order valence-corrected chi connectivity index (χ2v) is 6.56. The molecule has 3 aromatic rings. The van der Waals surface area contributed by atoms with Gasteiger partial charge in [0, 0.05) is 10.0 Å². The summed E-state index contributed by atoms with van der Waals surface area (Å²) in [6.45, 7) is 7.06. The van der Waals surface area contributed by atoms with Crippen LogP contribution in [-0.4, -0.2) is 37.8 Å². The van der Waals surface area contributed by atoms with Gasteiger partial charge in [-0.1, -0.05) is 53.2 Å². The molecule has 0 bridgehead atoms. The molecule has 21 heavy (non-hydrogen) atoms. The lowest BCUT2D eigenvalue weighted by Gasteiger charge is -2.15. The molecule has 0 amide bonds. The van der Waals surface area contributed by atoms with E-state index in [-0.39, 0.29) is 0 Å². The van der Waals surface area contributed by atoms with Crippen molar-refractivity contribution in [3.63, 3.8) is 0 Å². The molecule has 1 aromatic carbocycles. The zero-order valence-corrected chi connectivity index (χ0v) is 14.4. The summed E-state index contributed by atoms with van der Waals surface area (Å²) < 4.78 is 2.93. The maximum Gasteiger partial charge on any atom is 0.235 e. The highest BCUT2D eigenvalue weighted by atomic mass is 79.9. The Hall–Kier alpha value is -1.31. The normalized spacial score (nSPS) is 11.6. The van der Waals surface area contributed by atoms with Gasteiger partial charge in [-0.25, -0.2) is 0 Å². The van der Waals surface area contributed by atoms with Crippen molar-refractivity contribution in [1.82, 2.24) is 24.7 Å². The number of hydrogen-bond acceptors (Lipinski definition) is 5. The van der Waals surface area contributed by atoms with E-state index in [2.05, 4.69) is 62.1 Å². The zero-order valence-electron chi connectivity index (χ0n) is 12.0. The maximum atomic E-state index is 4.66. The first-order valence-corrected chi connectivity index (χ1v) is 8.51. The fraction of sp³-hybridized carbons (Fsp3) is 0.357. The fourth-order valence-electron chi connectivity index (χ4n) is 2.11. The van der Waals surface area contributed by atoms with Crippen molar-refractivity contribution in [1.29, 1.82) is 0 Å². The van der Waals surface area contributed by atoms with Gasteiger partial charge < -0.3 is 0 Å². The predicted octanol–water partition coefficient (Wildman–Crippen LogP) is 3.46. The van der Waals surface area contributed by atoms with Crippen molar-refractivity contribution in [3.05, 3.63) is 34.6 Å². The van der Waals surface area contributed by atoms with Crippen molar-refractivity contribution in [3.8, 4) is 10.6 Å². The minimum atomic E-state index is 0.775. The minimum Gasteiger partial charge on any atom is -0.296 e. The number of aromatic nitrogens is 4. The summed E-state index contributed by atoms with van der Waals surface area (Å²) in [6, 6.07) is 8.16. The van der Waals surface area contributed by atoms with E-state index >= 15 is 0 Å². The Morgan fingerprint density at radius 2 is 1.86 bits per heavy atom. The van der Waals surface area contributed by atoms with Crippen LogP contribution in [0.5, 0.6) is 0 Å². The van der Waals surface area contributed by atoms with Crippen molar-refractivity contribution in [2.24, 2.45) is 0 Å². The Kier molecular flexibility index (Phi) is 4.32. The van der Waals surface area contributed by atoms with Gasteiger partial charge >= 0.3 is 0 Å². The van der Waals surface area contributed by atoms with E-state index in [1.54, 1.807) is 11.3 Å². The number of rotatable bonds is 5. The molecule has 3 rings (SSSR count). The van der Waals surface area contributed by atoms with Crippen LogP contribution in [0.25, 0.3) is 15.5 Å². The maximum absolute atomic E-state index is 4.66. The van der Waals surface area contributed by atoms with E-state index in [1.165, 1.54) is 0 Å². The highest BCUT2D eigenvalue weighted by molar-refractivity contribution is 9.10. The van der Waals surface area contributed by atoms with Gasteiger partial charge in [0.1, 0.15) is 5.01 Å². The van der Waals surface area contributed by atoms with Crippen LogP contribution in [-0.2, 0) is 6.54 Å². The fourth-order valence-corrected chi connectivity index (χ4v) is 3.24. The summed E-state index contributed by atoms with van der Waals surface area (Å²) in [5.74, 6) is 0.897. The molecule has 0 spiro atoms. The average Bonchev–Trinajstić information content (AvgIpc) is 3.07. The van der Waals surface area contributed by atoms with Gasteiger partial charge in [0.25, 0.3) is 0 Å². The van der Waals surface area contributed by atoms with Gasteiger partial charge in [-0.05, 0) is 25.2 Å². The molecule has 2 aromatic heterocycles. The predicted molar refractivity (Wildman–Crippen MR) is 88.4 cm³/mol. The van der Waals surface area contributed by atoms with E-state index in [9.17, 15) is 0 Å². The second-order valence-electron chi connectivity index (χ2n) is 4.69. The van der Waals surface area contributed by atoms with Gasteiger partial charge in [-0.15, -0.1) is 10.2 Å². The first kappa shape index (κ1) is 14.6. The summed E-state index contributed by atoms with van der Waals surface area (Å²) in [5.41, 5.74) is 1.10. The highest BCUT2D eigenvalue weighted by Crippen LogP contribution is 2.26. The van der Waals surface area contributed by atoms with Crippen LogP contribution in [0.15, 0.2) is 28.7 Å². The van der Waals surface area contributed by atoms with Crippen LogP contribution in [0.4, 0.5) is 0 Å². The van der Waals surface area contributed by atoms with Crippen LogP contribution < -0.4 is 0 Å². The van der Waals surface area contributed by atoms with Crippen molar-refractivity contribution >= 4 is 32.2 Å². The summed E-state index contributed by atoms with van der Waals surface area (Å²) in [5, 5.41) is 14.1. The second kappa shape index (κ2) is 6.21. The number of halogens is 1. The lowest BCUT2D eigenvalue weighted by atomic mass is 10.2. The molecule has 2 heterocycles. The van der Waals surface area contributed by atoms with Gasteiger partial charge in [-0.3, -0.25) is 4.90 Å². The van der Waals surface area contributed by atoms with E-state index < -0.39 is 0 Å². The summed E-state index contributed by atoms with van der Waals surface area (Å²) in [4.78, 5) is 3.14. The summed E-state index contributed by atoms with van der Waals surface area (Å²) in [7, 11) is 0. The van der Waals surface area contributed by atoms with E-state index in [0.29, 0.717) is 0 Å². The lowest BCUT2D eigenvalue weighted by Crippen LogP contribution is -2.23. The Morgan fingerprint density at radius 3 is 2.52 bits per heavy atom. The molecule has 0 aliphatic rings. The molecule has 0 aliphatic heterocycles. The van der Waals surface area contributed by atoms with Gasteiger partial charge in [0.05, 0.1) is 6.54 Å². The molecule has 0 aliphatic carbocycles. The SMILES string of the molecule is CCN(CC)Cc1nnc2sc(-c3ccc(Br)cc3)nn12. The summed E-state index contributed by atoms with van der Waals surface area (Å²) in [6.07, 6.45) is 0. The smallest absolute Gasteiger partial charge is 0.235 e.